The molecule has 0 saturated carbocycles. The van der Waals surface area contributed by atoms with Gasteiger partial charge in [-0.25, -0.2) is 0 Å². The van der Waals surface area contributed by atoms with Crippen molar-refractivity contribution in [3.63, 3.8) is 0 Å². The van der Waals surface area contributed by atoms with Crippen LogP contribution in [0.5, 0.6) is 0 Å². The molecule has 1 nitrogen and oxygen atoms in total. The highest BCUT2D eigenvalue weighted by molar-refractivity contribution is 5.74. The van der Waals surface area contributed by atoms with Crippen molar-refractivity contribution in [2.45, 2.75) is 20.8 Å². The summed E-state index contributed by atoms with van der Waals surface area (Å²) in [6.07, 6.45) is 4.23. The van der Waals surface area contributed by atoms with E-state index in [1.807, 2.05) is 19.1 Å². The molecule has 0 radical (unpaired) electrons. The van der Waals surface area contributed by atoms with Gasteiger partial charge in [-0.2, -0.15) is 0 Å². The van der Waals surface area contributed by atoms with E-state index >= 15 is 0 Å². The van der Waals surface area contributed by atoms with E-state index in [9.17, 15) is 5.11 Å². The highest BCUT2D eigenvalue weighted by Gasteiger charge is 2.14. The first kappa shape index (κ1) is 10.0. The zero-order valence-corrected chi connectivity index (χ0v) is 9.41. The zero-order valence-electron chi connectivity index (χ0n) is 9.41. The monoisotopic (exact) mass is 200 g/mol. The summed E-state index contributed by atoms with van der Waals surface area (Å²) in [6.45, 7) is 6.15. The van der Waals surface area contributed by atoms with Gasteiger partial charge in [0.25, 0.3) is 0 Å². The first-order chi connectivity index (χ1) is 7.09. The van der Waals surface area contributed by atoms with Gasteiger partial charge < -0.3 is 5.11 Å². The van der Waals surface area contributed by atoms with Crippen LogP contribution in [0.4, 0.5) is 0 Å². The molecule has 0 fully saturated rings. The first-order valence-electron chi connectivity index (χ1n) is 5.28. The zero-order chi connectivity index (χ0) is 11.0. The van der Waals surface area contributed by atoms with E-state index in [0.29, 0.717) is 11.7 Å². The molecule has 0 spiro atoms. The summed E-state index contributed by atoms with van der Waals surface area (Å²) in [6, 6.07) is 6.13. The van der Waals surface area contributed by atoms with Crippen LogP contribution in [0.1, 0.15) is 30.5 Å². The fraction of sp³-hybridized carbons (Fsp3) is 0.286. The van der Waals surface area contributed by atoms with Crippen LogP contribution in [-0.4, -0.2) is 5.11 Å². The molecule has 0 amide bonds. The number of allylic oxidation sites excluding steroid dienone is 2. The molecule has 1 aliphatic carbocycles. The lowest BCUT2D eigenvalue weighted by atomic mass is 10.00. The van der Waals surface area contributed by atoms with Gasteiger partial charge in [0.05, 0.1) is 0 Å². The Morgan fingerprint density at radius 3 is 2.67 bits per heavy atom. The van der Waals surface area contributed by atoms with Gasteiger partial charge in [-0.1, -0.05) is 42.8 Å². The van der Waals surface area contributed by atoms with Crippen LogP contribution in [0.25, 0.3) is 11.8 Å². The van der Waals surface area contributed by atoms with Crippen molar-refractivity contribution in [1.29, 1.82) is 0 Å². The Morgan fingerprint density at radius 1 is 1.20 bits per heavy atom. The Hall–Kier alpha value is -1.50. The Bertz CT molecular complexity index is 452. The van der Waals surface area contributed by atoms with Gasteiger partial charge >= 0.3 is 0 Å². The second kappa shape index (κ2) is 3.58. The highest BCUT2D eigenvalue weighted by Crippen LogP contribution is 2.30. The van der Waals surface area contributed by atoms with Crippen molar-refractivity contribution in [1.82, 2.24) is 0 Å². The number of aliphatic hydroxyl groups is 1. The summed E-state index contributed by atoms with van der Waals surface area (Å²) in [5, 5.41) is 10.1. The number of aliphatic hydroxyl groups excluding tert-OH is 1. The smallest absolute Gasteiger partial charge is 0.122 e. The van der Waals surface area contributed by atoms with Gasteiger partial charge in [0.2, 0.25) is 0 Å². The molecule has 2 rings (SSSR count). The number of aryl methyl sites for hydroxylation is 1. The van der Waals surface area contributed by atoms with Gasteiger partial charge in [0.15, 0.2) is 0 Å². The number of benzene rings is 1. The third-order valence-electron chi connectivity index (χ3n) is 3.08. The first-order valence-corrected chi connectivity index (χ1v) is 5.28. The summed E-state index contributed by atoms with van der Waals surface area (Å²) in [4.78, 5) is 0. The molecule has 0 bridgehead atoms. The third kappa shape index (κ3) is 1.70. The normalized spacial score (nSPS) is 20.1. The summed E-state index contributed by atoms with van der Waals surface area (Å²) in [5.41, 5.74) is 4.31. The molecule has 78 valence electrons. The summed E-state index contributed by atoms with van der Waals surface area (Å²) < 4.78 is 0. The van der Waals surface area contributed by atoms with Gasteiger partial charge in [0, 0.05) is 5.56 Å². The number of hydrogen-bond donors (Lipinski definition) is 1. The lowest BCUT2D eigenvalue weighted by Gasteiger charge is -2.09. The molecule has 0 aromatic heterocycles. The Balaban J connectivity index is 2.67. The minimum atomic E-state index is 0.303. The minimum absolute atomic E-state index is 0.303. The lowest BCUT2D eigenvalue weighted by Crippen LogP contribution is -1.95. The van der Waals surface area contributed by atoms with E-state index in [0.717, 1.165) is 16.7 Å². The summed E-state index contributed by atoms with van der Waals surface area (Å²) in [5.74, 6) is 0.736. The van der Waals surface area contributed by atoms with E-state index in [1.54, 1.807) is 0 Å². The van der Waals surface area contributed by atoms with Crippen LogP contribution in [-0.2, 0) is 0 Å². The molecule has 1 aromatic rings. The average molecular weight is 200 g/mol. The Labute approximate surface area is 90.8 Å². The standard InChI is InChI=1S/C14H16O/c1-9-4-7-13-12(8-9)6-5-10(2)11(3)14(13)15/h4-8,10,15H,1-3H3. The predicted octanol–water partition coefficient (Wildman–Crippen LogP) is 3.95. The van der Waals surface area contributed by atoms with Crippen LogP contribution in [0, 0.1) is 12.8 Å². The van der Waals surface area contributed by atoms with E-state index in [2.05, 4.69) is 32.1 Å². The molecule has 0 saturated heterocycles. The van der Waals surface area contributed by atoms with Crippen LogP contribution < -0.4 is 0 Å². The van der Waals surface area contributed by atoms with Crippen molar-refractivity contribution in [2.24, 2.45) is 5.92 Å². The molecule has 15 heavy (non-hydrogen) atoms. The van der Waals surface area contributed by atoms with Gasteiger partial charge in [-0.05, 0) is 30.9 Å². The molecular weight excluding hydrogens is 184 g/mol. The van der Waals surface area contributed by atoms with Crippen LogP contribution in [0.3, 0.4) is 0 Å². The topological polar surface area (TPSA) is 20.2 Å². The van der Waals surface area contributed by atoms with E-state index in [-0.39, 0.29) is 0 Å². The van der Waals surface area contributed by atoms with Crippen molar-refractivity contribution in [3.05, 3.63) is 46.5 Å². The molecule has 1 N–H and O–H groups in total. The fourth-order valence-corrected chi connectivity index (χ4v) is 1.86. The maximum absolute atomic E-state index is 10.1. The van der Waals surface area contributed by atoms with E-state index < -0.39 is 0 Å². The van der Waals surface area contributed by atoms with Gasteiger partial charge in [-0.15, -0.1) is 0 Å². The number of rotatable bonds is 0. The van der Waals surface area contributed by atoms with Crippen LogP contribution in [0.2, 0.25) is 0 Å². The Kier molecular flexibility index (Phi) is 2.39. The molecule has 0 heterocycles. The third-order valence-corrected chi connectivity index (χ3v) is 3.08. The van der Waals surface area contributed by atoms with E-state index in [4.69, 9.17) is 0 Å². The number of hydrogen-bond acceptors (Lipinski definition) is 1. The maximum atomic E-state index is 10.1. The van der Waals surface area contributed by atoms with E-state index in [1.165, 1.54) is 5.56 Å². The summed E-state index contributed by atoms with van der Waals surface area (Å²) in [7, 11) is 0. The fourth-order valence-electron chi connectivity index (χ4n) is 1.86. The van der Waals surface area contributed by atoms with Crippen molar-refractivity contribution in [2.75, 3.05) is 0 Å². The molecule has 0 aliphatic heterocycles. The van der Waals surface area contributed by atoms with Crippen LogP contribution >= 0.6 is 0 Å². The molecule has 1 aromatic carbocycles. The second-order valence-electron chi connectivity index (χ2n) is 4.27. The molecule has 1 aliphatic rings. The van der Waals surface area contributed by atoms with Gasteiger partial charge in [-0.3, -0.25) is 0 Å². The van der Waals surface area contributed by atoms with Crippen LogP contribution in [0.15, 0.2) is 29.8 Å². The Morgan fingerprint density at radius 2 is 1.93 bits per heavy atom. The SMILES string of the molecule is CC1=C(O)c2ccc(C)cc2C=CC1C. The number of fused-ring (bicyclic) bond motifs is 1. The molecule has 1 unspecified atom stereocenters. The van der Waals surface area contributed by atoms with Gasteiger partial charge in [0.1, 0.15) is 5.76 Å². The lowest BCUT2D eigenvalue weighted by molar-refractivity contribution is 0.501. The molecular formula is C14H16O. The largest absolute Gasteiger partial charge is 0.507 e. The molecule has 1 atom stereocenters. The van der Waals surface area contributed by atoms with Crippen molar-refractivity contribution < 1.29 is 5.11 Å². The highest BCUT2D eigenvalue weighted by atomic mass is 16.3. The average Bonchev–Trinajstić information content (AvgIpc) is 2.32. The minimum Gasteiger partial charge on any atom is -0.507 e. The summed E-state index contributed by atoms with van der Waals surface area (Å²) >= 11 is 0. The van der Waals surface area contributed by atoms with Crippen molar-refractivity contribution in [3.8, 4) is 0 Å². The predicted molar refractivity (Wildman–Crippen MR) is 64.6 cm³/mol. The maximum Gasteiger partial charge on any atom is 0.122 e. The molecule has 1 heteroatoms. The second-order valence-corrected chi connectivity index (χ2v) is 4.27. The quantitative estimate of drug-likeness (QED) is 0.672. The van der Waals surface area contributed by atoms with Crippen molar-refractivity contribution >= 4 is 11.8 Å².